The Morgan fingerprint density at radius 1 is 1.43 bits per heavy atom. The lowest BCUT2D eigenvalue weighted by molar-refractivity contribution is -0.119. The highest BCUT2D eigenvalue weighted by molar-refractivity contribution is 5.73. The van der Waals surface area contributed by atoms with Crippen LogP contribution in [0.5, 0.6) is 0 Å². The third kappa shape index (κ3) is 3.19. The van der Waals surface area contributed by atoms with Crippen LogP contribution in [-0.4, -0.2) is 30.0 Å². The summed E-state index contributed by atoms with van der Waals surface area (Å²) in [5.41, 5.74) is 0.573. The van der Waals surface area contributed by atoms with E-state index in [1.54, 1.807) is 18.3 Å². The molecule has 1 aliphatic heterocycles. The molecule has 0 saturated carbocycles. The minimum Gasteiger partial charge on any atom is -0.466 e. The molecule has 3 rings (SSSR count). The highest BCUT2D eigenvalue weighted by Gasteiger charge is 2.37. The van der Waals surface area contributed by atoms with E-state index in [2.05, 4.69) is 21.3 Å². The third-order valence-electron chi connectivity index (χ3n) is 4.03. The Kier molecular flexibility index (Phi) is 4.02. The van der Waals surface area contributed by atoms with Crippen LogP contribution >= 0.6 is 0 Å². The van der Waals surface area contributed by atoms with Gasteiger partial charge in [0.2, 0.25) is 5.91 Å². The molecule has 1 fully saturated rings. The standard InChI is InChI=1S/C17H18N4O2/c1-11-3-4-16(23-11)14-9-21(10-15(14)20-12(2)22)17-7-13(8-18)5-6-19-17/h3-7,14-15H,9-10H2,1-2H3,(H,20,22)/t14-,15-/m1/s1. The van der Waals surface area contributed by atoms with Crippen LogP contribution in [0.1, 0.15) is 29.9 Å². The summed E-state index contributed by atoms with van der Waals surface area (Å²) < 4.78 is 5.76. The monoisotopic (exact) mass is 310 g/mol. The number of aromatic nitrogens is 1. The predicted octanol–water partition coefficient (Wildman–Crippen LogP) is 1.96. The van der Waals surface area contributed by atoms with Crippen molar-refractivity contribution in [3.05, 3.63) is 47.5 Å². The van der Waals surface area contributed by atoms with E-state index in [0.717, 1.165) is 17.3 Å². The van der Waals surface area contributed by atoms with Crippen LogP contribution in [0.3, 0.4) is 0 Å². The summed E-state index contributed by atoms with van der Waals surface area (Å²) in [6.07, 6.45) is 1.63. The van der Waals surface area contributed by atoms with E-state index in [1.165, 1.54) is 6.92 Å². The minimum atomic E-state index is -0.0659. The number of amides is 1. The van der Waals surface area contributed by atoms with Gasteiger partial charge in [-0.05, 0) is 31.2 Å². The average molecular weight is 310 g/mol. The first-order chi connectivity index (χ1) is 11.1. The Labute approximate surface area is 134 Å². The van der Waals surface area contributed by atoms with Gasteiger partial charge >= 0.3 is 0 Å². The van der Waals surface area contributed by atoms with Gasteiger partial charge in [0.05, 0.1) is 23.6 Å². The SMILES string of the molecule is CC(=O)N[C@@H]1CN(c2cc(C#N)ccn2)C[C@H]1c1ccc(C)o1. The number of aryl methyl sites for hydroxylation is 1. The van der Waals surface area contributed by atoms with Crippen molar-refractivity contribution in [1.82, 2.24) is 10.3 Å². The van der Waals surface area contributed by atoms with Crippen LogP contribution in [0.4, 0.5) is 5.82 Å². The highest BCUT2D eigenvalue weighted by Crippen LogP contribution is 2.31. The van der Waals surface area contributed by atoms with E-state index in [4.69, 9.17) is 9.68 Å². The zero-order chi connectivity index (χ0) is 16.4. The summed E-state index contributed by atoms with van der Waals surface area (Å²) in [6.45, 7) is 4.73. The Bertz CT molecular complexity index is 762. The second kappa shape index (κ2) is 6.13. The number of nitrogens with zero attached hydrogens (tertiary/aromatic N) is 3. The Morgan fingerprint density at radius 2 is 2.26 bits per heavy atom. The molecule has 6 nitrogen and oxygen atoms in total. The smallest absolute Gasteiger partial charge is 0.217 e. The molecule has 118 valence electrons. The van der Waals surface area contributed by atoms with E-state index >= 15 is 0 Å². The van der Waals surface area contributed by atoms with E-state index < -0.39 is 0 Å². The Hall–Kier alpha value is -2.81. The maximum absolute atomic E-state index is 11.5. The summed E-state index contributed by atoms with van der Waals surface area (Å²) in [4.78, 5) is 17.9. The van der Waals surface area contributed by atoms with Crippen molar-refractivity contribution in [3.8, 4) is 6.07 Å². The van der Waals surface area contributed by atoms with E-state index in [1.807, 2.05) is 19.1 Å². The van der Waals surface area contributed by atoms with Gasteiger partial charge in [-0.2, -0.15) is 5.26 Å². The minimum absolute atomic E-state index is 0.0504. The molecule has 0 aromatic carbocycles. The summed E-state index contributed by atoms with van der Waals surface area (Å²) >= 11 is 0. The summed E-state index contributed by atoms with van der Waals surface area (Å²) in [6, 6.07) is 9.40. The van der Waals surface area contributed by atoms with E-state index in [9.17, 15) is 4.79 Å². The normalized spacial score (nSPS) is 20.3. The summed E-state index contributed by atoms with van der Waals surface area (Å²) in [5, 5.41) is 12.0. The quantitative estimate of drug-likeness (QED) is 0.937. The number of hydrogen-bond acceptors (Lipinski definition) is 5. The van der Waals surface area contributed by atoms with Gasteiger partial charge in [0, 0.05) is 26.2 Å². The fourth-order valence-electron chi connectivity index (χ4n) is 3.00. The Balaban J connectivity index is 1.87. The van der Waals surface area contributed by atoms with Gasteiger partial charge in [0.25, 0.3) is 0 Å². The lowest BCUT2D eigenvalue weighted by Crippen LogP contribution is -2.38. The largest absolute Gasteiger partial charge is 0.466 e. The summed E-state index contributed by atoms with van der Waals surface area (Å²) in [5.74, 6) is 2.44. The zero-order valence-electron chi connectivity index (χ0n) is 13.1. The maximum Gasteiger partial charge on any atom is 0.217 e. The molecule has 23 heavy (non-hydrogen) atoms. The van der Waals surface area contributed by atoms with Gasteiger partial charge in [-0.1, -0.05) is 0 Å². The molecule has 2 aromatic rings. The predicted molar refractivity (Wildman–Crippen MR) is 85.0 cm³/mol. The highest BCUT2D eigenvalue weighted by atomic mass is 16.3. The number of carbonyl (C=O) groups is 1. The number of furan rings is 1. The molecule has 0 spiro atoms. The first-order valence-electron chi connectivity index (χ1n) is 7.51. The fraction of sp³-hybridized carbons (Fsp3) is 0.353. The molecule has 0 radical (unpaired) electrons. The van der Waals surface area contributed by atoms with Gasteiger partial charge in [-0.15, -0.1) is 0 Å². The zero-order valence-corrected chi connectivity index (χ0v) is 13.1. The van der Waals surface area contributed by atoms with Crippen molar-refractivity contribution in [2.24, 2.45) is 0 Å². The number of rotatable bonds is 3. The molecular formula is C17H18N4O2. The van der Waals surface area contributed by atoms with Crippen LogP contribution in [0.2, 0.25) is 0 Å². The molecular weight excluding hydrogens is 292 g/mol. The topological polar surface area (TPSA) is 82.2 Å². The molecule has 0 bridgehead atoms. The van der Waals surface area contributed by atoms with Crippen LogP contribution in [0.25, 0.3) is 0 Å². The van der Waals surface area contributed by atoms with E-state index in [0.29, 0.717) is 18.7 Å². The van der Waals surface area contributed by atoms with Crippen LogP contribution in [0, 0.1) is 18.3 Å². The number of nitriles is 1. The van der Waals surface area contributed by atoms with Crippen LogP contribution < -0.4 is 10.2 Å². The second-order valence-corrected chi connectivity index (χ2v) is 5.78. The van der Waals surface area contributed by atoms with E-state index in [-0.39, 0.29) is 17.9 Å². The molecule has 0 unspecified atom stereocenters. The molecule has 2 atom stereocenters. The van der Waals surface area contributed by atoms with Gasteiger partial charge in [-0.3, -0.25) is 4.79 Å². The third-order valence-corrected chi connectivity index (χ3v) is 4.03. The molecule has 1 amide bonds. The van der Waals surface area contributed by atoms with Crippen molar-refractivity contribution in [1.29, 1.82) is 5.26 Å². The Morgan fingerprint density at radius 3 is 2.91 bits per heavy atom. The van der Waals surface area contributed by atoms with Gasteiger partial charge in [0.1, 0.15) is 17.3 Å². The number of carbonyl (C=O) groups excluding carboxylic acids is 1. The lowest BCUT2D eigenvalue weighted by Gasteiger charge is -2.17. The van der Waals surface area contributed by atoms with Crippen LogP contribution in [-0.2, 0) is 4.79 Å². The summed E-state index contributed by atoms with van der Waals surface area (Å²) in [7, 11) is 0. The van der Waals surface area contributed by atoms with Crippen molar-refractivity contribution < 1.29 is 9.21 Å². The lowest BCUT2D eigenvalue weighted by atomic mass is 10.0. The van der Waals surface area contributed by atoms with Crippen LogP contribution in [0.15, 0.2) is 34.9 Å². The molecule has 3 heterocycles. The van der Waals surface area contributed by atoms with Gasteiger partial charge < -0.3 is 14.6 Å². The molecule has 6 heteroatoms. The van der Waals surface area contributed by atoms with Crippen molar-refractivity contribution in [3.63, 3.8) is 0 Å². The van der Waals surface area contributed by atoms with Gasteiger partial charge in [0.15, 0.2) is 0 Å². The second-order valence-electron chi connectivity index (χ2n) is 5.78. The van der Waals surface area contributed by atoms with Crippen molar-refractivity contribution >= 4 is 11.7 Å². The maximum atomic E-state index is 11.5. The average Bonchev–Trinajstić information content (AvgIpc) is 3.13. The molecule has 2 aromatic heterocycles. The van der Waals surface area contributed by atoms with Crippen molar-refractivity contribution in [2.45, 2.75) is 25.8 Å². The van der Waals surface area contributed by atoms with Gasteiger partial charge in [-0.25, -0.2) is 4.98 Å². The first-order valence-corrected chi connectivity index (χ1v) is 7.51. The number of hydrogen-bond donors (Lipinski definition) is 1. The molecule has 0 aliphatic carbocycles. The number of pyridine rings is 1. The molecule has 1 N–H and O–H groups in total. The number of nitrogens with one attached hydrogen (secondary N) is 1. The molecule has 1 saturated heterocycles. The fourth-order valence-corrected chi connectivity index (χ4v) is 3.00. The molecule has 1 aliphatic rings. The first kappa shape index (κ1) is 15.1. The number of anilines is 1. The van der Waals surface area contributed by atoms with Crippen molar-refractivity contribution in [2.75, 3.05) is 18.0 Å².